The number of hydrogen-bond acceptors (Lipinski definition) is 5. The van der Waals surface area contributed by atoms with Crippen LogP contribution in [0.1, 0.15) is 23.6 Å². The largest absolute Gasteiger partial charge is 0.497 e. The van der Waals surface area contributed by atoms with E-state index >= 15 is 0 Å². The summed E-state index contributed by atoms with van der Waals surface area (Å²) in [7, 11) is 1.67. The predicted molar refractivity (Wildman–Crippen MR) is 91.7 cm³/mol. The number of hydrogen-bond donors (Lipinski definition) is 0. The van der Waals surface area contributed by atoms with E-state index < -0.39 is 0 Å². The first-order valence-electron chi connectivity index (χ1n) is 7.37. The summed E-state index contributed by atoms with van der Waals surface area (Å²) in [6.45, 7) is 4.10. The van der Waals surface area contributed by atoms with Crippen LogP contribution in [0.3, 0.4) is 0 Å². The summed E-state index contributed by atoms with van der Waals surface area (Å²) in [4.78, 5) is 1.10. The van der Waals surface area contributed by atoms with Gasteiger partial charge in [0.1, 0.15) is 5.75 Å². The standard InChI is InChI=1S/C18H18N2O2S/c1-12-7-9-14(10-8-12)18-20-19-17(22-18)13(2)23-16-6-4-5-15(11-16)21-3/h4-11,13H,1-3H3. The monoisotopic (exact) mass is 326 g/mol. The maximum Gasteiger partial charge on any atom is 0.247 e. The molecular formula is C18H18N2O2S. The number of rotatable bonds is 5. The highest BCUT2D eigenvalue weighted by molar-refractivity contribution is 7.99. The van der Waals surface area contributed by atoms with Crippen LogP contribution in [0.5, 0.6) is 5.75 Å². The fraction of sp³-hybridized carbons (Fsp3) is 0.222. The molecule has 0 radical (unpaired) electrons. The number of nitrogens with zero attached hydrogens (tertiary/aromatic N) is 2. The Bertz CT molecular complexity index is 784. The second kappa shape index (κ2) is 6.87. The Morgan fingerprint density at radius 3 is 2.61 bits per heavy atom. The number of thioether (sulfide) groups is 1. The molecule has 3 aromatic rings. The van der Waals surface area contributed by atoms with Crippen molar-refractivity contribution in [3.05, 3.63) is 60.0 Å². The van der Waals surface area contributed by atoms with Crippen molar-refractivity contribution in [2.75, 3.05) is 7.11 Å². The average Bonchev–Trinajstić information content (AvgIpc) is 3.06. The fourth-order valence-corrected chi connectivity index (χ4v) is 3.09. The van der Waals surface area contributed by atoms with Crippen LogP contribution in [0, 0.1) is 6.92 Å². The van der Waals surface area contributed by atoms with Crippen molar-refractivity contribution in [3.8, 4) is 17.2 Å². The van der Waals surface area contributed by atoms with Gasteiger partial charge < -0.3 is 9.15 Å². The van der Waals surface area contributed by atoms with Crippen LogP contribution < -0.4 is 4.74 Å². The molecular weight excluding hydrogens is 308 g/mol. The van der Waals surface area contributed by atoms with E-state index in [9.17, 15) is 0 Å². The van der Waals surface area contributed by atoms with Gasteiger partial charge in [0.05, 0.1) is 12.4 Å². The summed E-state index contributed by atoms with van der Waals surface area (Å²) < 4.78 is 11.1. The first-order valence-corrected chi connectivity index (χ1v) is 8.25. The van der Waals surface area contributed by atoms with Crippen molar-refractivity contribution in [3.63, 3.8) is 0 Å². The summed E-state index contributed by atoms with van der Waals surface area (Å²) >= 11 is 1.66. The minimum absolute atomic E-state index is 0.0637. The molecule has 0 aliphatic heterocycles. The zero-order chi connectivity index (χ0) is 16.2. The molecule has 0 bridgehead atoms. The minimum Gasteiger partial charge on any atom is -0.497 e. The number of methoxy groups -OCH3 is 1. The fourth-order valence-electron chi connectivity index (χ4n) is 2.14. The van der Waals surface area contributed by atoms with Gasteiger partial charge in [-0.25, -0.2) is 0 Å². The molecule has 0 amide bonds. The smallest absolute Gasteiger partial charge is 0.247 e. The van der Waals surface area contributed by atoms with Crippen LogP contribution in [0.15, 0.2) is 57.8 Å². The van der Waals surface area contributed by atoms with Crippen LogP contribution in [0.2, 0.25) is 0 Å². The molecule has 1 atom stereocenters. The molecule has 3 rings (SSSR count). The molecule has 23 heavy (non-hydrogen) atoms. The van der Waals surface area contributed by atoms with Gasteiger partial charge >= 0.3 is 0 Å². The normalized spacial score (nSPS) is 12.1. The highest BCUT2D eigenvalue weighted by Crippen LogP contribution is 2.36. The number of aryl methyl sites for hydroxylation is 1. The molecule has 1 unspecified atom stereocenters. The van der Waals surface area contributed by atoms with Crippen molar-refractivity contribution >= 4 is 11.8 Å². The maximum absolute atomic E-state index is 5.83. The second-order valence-electron chi connectivity index (χ2n) is 5.25. The van der Waals surface area contributed by atoms with Crippen molar-refractivity contribution < 1.29 is 9.15 Å². The number of aromatic nitrogens is 2. The lowest BCUT2D eigenvalue weighted by molar-refractivity contribution is 0.413. The van der Waals surface area contributed by atoms with Crippen molar-refractivity contribution in [2.45, 2.75) is 24.0 Å². The van der Waals surface area contributed by atoms with Crippen LogP contribution in [0.4, 0.5) is 0 Å². The quantitative estimate of drug-likeness (QED) is 0.624. The topological polar surface area (TPSA) is 48.2 Å². The molecule has 0 spiro atoms. The maximum atomic E-state index is 5.83. The van der Waals surface area contributed by atoms with Crippen LogP contribution in [-0.4, -0.2) is 17.3 Å². The lowest BCUT2D eigenvalue weighted by Gasteiger charge is -2.08. The van der Waals surface area contributed by atoms with Crippen LogP contribution in [-0.2, 0) is 0 Å². The summed E-state index contributed by atoms with van der Waals surface area (Å²) in [6, 6.07) is 16.0. The molecule has 4 nitrogen and oxygen atoms in total. The summed E-state index contributed by atoms with van der Waals surface area (Å²) in [5.74, 6) is 2.01. The van der Waals surface area contributed by atoms with E-state index in [0.717, 1.165) is 16.2 Å². The Kier molecular flexibility index (Phi) is 4.67. The van der Waals surface area contributed by atoms with E-state index in [1.807, 2.05) is 48.5 Å². The summed E-state index contributed by atoms with van der Waals surface area (Å²) in [5.41, 5.74) is 2.14. The highest BCUT2D eigenvalue weighted by atomic mass is 32.2. The lowest BCUT2D eigenvalue weighted by Crippen LogP contribution is -1.89. The van der Waals surface area contributed by atoms with Crippen molar-refractivity contribution in [2.24, 2.45) is 0 Å². The molecule has 0 aliphatic rings. The second-order valence-corrected chi connectivity index (χ2v) is 6.66. The Balaban J connectivity index is 1.75. The molecule has 0 fully saturated rings. The Morgan fingerprint density at radius 2 is 1.87 bits per heavy atom. The van der Waals surface area contributed by atoms with E-state index in [4.69, 9.17) is 9.15 Å². The first kappa shape index (κ1) is 15.6. The van der Waals surface area contributed by atoms with Gasteiger partial charge in [-0.1, -0.05) is 23.8 Å². The molecule has 1 heterocycles. The third-order valence-electron chi connectivity index (χ3n) is 3.44. The summed E-state index contributed by atoms with van der Waals surface area (Å²) in [5, 5.41) is 8.41. The third-order valence-corrected chi connectivity index (χ3v) is 4.52. The van der Waals surface area contributed by atoms with E-state index in [1.54, 1.807) is 18.9 Å². The van der Waals surface area contributed by atoms with Crippen molar-refractivity contribution in [1.82, 2.24) is 10.2 Å². The molecule has 1 aromatic heterocycles. The lowest BCUT2D eigenvalue weighted by atomic mass is 10.1. The number of ether oxygens (including phenoxy) is 1. The van der Waals surface area contributed by atoms with Gasteiger partial charge in [0.25, 0.3) is 0 Å². The summed E-state index contributed by atoms with van der Waals surface area (Å²) in [6.07, 6.45) is 0. The Morgan fingerprint density at radius 1 is 1.09 bits per heavy atom. The van der Waals surface area contributed by atoms with Gasteiger partial charge in [-0.3, -0.25) is 0 Å². The highest BCUT2D eigenvalue weighted by Gasteiger charge is 2.16. The minimum atomic E-state index is 0.0637. The predicted octanol–water partition coefficient (Wildman–Crippen LogP) is 4.91. The molecule has 0 saturated carbocycles. The van der Waals surface area contributed by atoms with Gasteiger partial charge in [-0.05, 0) is 44.2 Å². The van der Waals surface area contributed by atoms with Crippen LogP contribution in [0.25, 0.3) is 11.5 Å². The average molecular weight is 326 g/mol. The molecule has 2 aromatic carbocycles. The molecule has 0 saturated heterocycles. The van der Waals surface area contributed by atoms with E-state index in [0.29, 0.717) is 11.8 Å². The van der Waals surface area contributed by atoms with Gasteiger partial charge in [-0.15, -0.1) is 22.0 Å². The van der Waals surface area contributed by atoms with Gasteiger partial charge in [0, 0.05) is 10.5 Å². The van der Waals surface area contributed by atoms with Crippen LogP contribution >= 0.6 is 11.8 Å². The van der Waals surface area contributed by atoms with Gasteiger partial charge in [-0.2, -0.15) is 0 Å². The van der Waals surface area contributed by atoms with Crippen molar-refractivity contribution in [1.29, 1.82) is 0 Å². The number of benzene rings is 2. The molecule has 0 aliphatic carbocycles. The van der Waals surface area contributed by atoms with Gasteiger partial charge in [0.2, 0.25) is 11.8 Å². The zero-order valence-corrected chi connectivity index (χ0v) is 14.1. The Labute approximate surface area is 139 Å². The third kappa shape index (κ3) is 3.74. The van der Waals surface area contributed by atoms with E-state index in [1.165, 1.54) is 5.56 Å². The molecule has 118 valence electrons. The first-order chi connectivity index (χ1) is 11.2. The molecule has 5 heteroatoms. The van der Waals surface area contributed by atoms with Gasteiger partial charge in [0.15, 0.2) is 0 Å². The zero-order valence-electron chi connectivity index (χ0n) is 13.3. The SMILES string of the molecule is COc1cccc(SC(C)c2nnc(-c3ccc(C)cc3)o2)c1. The van der Waals surface area contributed by atoms with E-state index in [2.05, 4.69) is 24.0 Å². The molecule has 0 N–H and O–H groups in total. The van der Waals surface area contributed by atoms with E-state index in [-0.39, 0.29) is 5.25 Å². The Hall–Kier alpha value is -2.27.